The van der Waals surface area contributed by atoms with Crippen LogP contribution in [0.2, 0.25) is 5.02 Å². The quantitative estimate of drug-likeness (QED) is 0.693. The van der Waals surface area contributed by atoms with Crippen molar-refractivity contribution in [2.75, 3.05) is 32.8 Å². The van der Waals surface area contributed by atoms with Crippen LogP contribution in [0.25, 0.3) is 6.08 Å². The third-order valence-electron chi connectivity index (χ3n) is 5.65. The molecular formula is C24H25ClN2O5. The number of phenolic OH excluding ortho intramolecular Hbond substituents is 1. The van der Waals surface area contributed by atoms with Crippen LogP contribution in [0.1, 0.15) is 34.0 Å². The minimum Gasteiger partial charge on any atom is -0.507 e. The van der Waals surface area contributed by atoms with Gasteiger partial charge in [-0.2, -0.15) is 0 Å². The molecule has 1 amide bonds. The molecule has 8 heteroatoms. The lowest BCUT2D eigenvalue weighted by atomic mass is 9.99. The van der Waals surface area contributed by atoms with Crippen LogP contribution in [0.4, 0.5) is 4.79 Å². The number of allylic oxidation sites excluding steroid dienone is 1. The molecule has 1 saturated heterocycles. The van der Waals surface area contributed by atoms with E-state index in [2.05, 4.69) is 4.90 Å². The highest BCUT2D eigenvalue weighted by atomic mass is 35.5. The summed E-state index contributed by atoms with van der Waals surface area (Å²) in [6.45, 7) is 6.64. The van der Waals surface area contributed by atoms with Gasteiger partial charge in [0, 0.05) is 37.7 Å². The molecule has 2 aliphatic heterocycles. The standard InChI is InChI=1S/C24H25ClN2O5/c1-3-31-24(30)27-9-7-26(8-10-27)14-18-19(28)11-15(2)21-22(29)20(32-23(18)21)13-16-5-4-6-17(25)12-16/h4-6,11-13,28H,3,7-10,14H2,1-2H3/b20-13-. The number of hydrogen-bond acceptors (Lipinski definition) is 6. The van der Waals surface area contributed by atoms with Gasteiger partial charge in [-0.15, -0.1) is 0 Å². The van der Waals surface area contributed by atoms with Gasteiger partial charge in [-0.05, 0) is 49.2 Å². The van der Waals surface area contributed by atoms with Gasteiger partial charge in [0.15, 0.2) is 5.76 Å². The number of piperazine rings is 1. The number of ether oxygens (including phenoxy) is 2. The second-order valence-electron chi connectivity index (χ2n) is 7.85. The van der Waals surface area contributed by atoms with Gasteiger partial charge >= 0.3 is 6.09 Å². The molecule has 0 aromatic heterocycles. The summed E-state index contributed by atoms with van der Waals surface area (Å²) in [6.07, 6.45) is 1.35. The van der Waals surface area contributed by atoms with E-state index < -0.39 is 0 Å². The monoisotopic (exact) mass is 456 g/mol. The molecule has 1 N–H and O–H groups in total. The molecule has 0 aliphatic carbocycles. The smallest absolute Gasteiger partial charge is 0.409 e. The molecule has 168 valence electrons. The maximum Gasteiger partial charge on any atom is 0.409 e. The lowest BCUT2D eigenvalue weighted by Gasteiger charge is -2.34. The number of carbonyl (C=O) groups is 2. The van der Waals surface area contributed by atoms with E-state index in [4.69, 9.17) is 21.1 Å². The second-order valence-corrected chi connectivity index (χ2v) is 8.29. The molecule has 2 aromatic rings. The second kappa shape index (κ2) is 9.22. The highest BCUT2D eigenvalue weighted by Gasteiger charge is 2.34. The van der Waals surface area contributed by atoms with Crippen LogP contribution in [0.3, 0.4) is 0 Å². The Balaban J connectivity index is 1.56. The number of Topliss-reactive ketones (excluding diaryl/α,β-unsaturated/α-hetero) is 1. The Morgan fingerprint density at radius 1 is 1.25 bits per heavy atom. The molecule has 0 spiro atoms. The van der Waals surface area contributed by atoms with E-state index in [1.54, 1.807) is 49.1 Å². The zero-order valence-electron chi connectivity index (χ0n) is 18.1. The van der Waals surface area contributed by atoms with Crippen LogP contribution < -0.4 is 4.74 Å². The first kappa shape index (κ1) is 22.2. The molecule has 32 heavy (non-hydrogen) atoms. The summed E-state index contributed by atoms with van der Waals surface area (Å²) < 4.78 is 11.0. The van der Waals surface area contributed by atoms with Crippen molar-refractivity contribution < 1.29 is 24.2 Å². The van der Waals surface area contributed by atoms with Crippen molar-refractivity contribution in [1.82, 2.24) is 9.80 Å². The van der Waals surface area contributed by atoms with Crippen molar-refractivity contribution in [3.8, 4) is 11.5 Å². The van der Waals surface area contributed by atoms with Crippen molar-refractivity contribution >= 4 is 29.6 Å². The van der Waals surface area contributed by atoms with Crippen molar-refractivity contribution in [3.05, 3.63) is 63.4 Å². The topological polar surface area (TPSA) is 79.3 Å². The molecule has 0 bridgehead atoms. The fraction of sp³-hybridized carbons (Fsp3) is 0.333. The molecule has 0 atom stereocenters. The van der Waals surface area contributed by atoms with E-state index in [0.29, 0.717) is 66.8 Å². The number of ketones is 1. The number of nitrogens with zero attached hydrogens (tertiary/aromatic N) is 2. The van der Waals surface area contributed by atoms with Gasteiger partial charge in [0.2, 0.25) is 5.78 Å². The van der Waals surface area contributed by atoms with Gasteiger partial charge in [0.05, 0.1) is 17.7 Å². The minimum absolute atomic E-state index is 0.0888. The number of hydrogen-bond donors (Lipinski definition) is 1. The molecule has 2 aliphatic rings. The fourth-order valence-corrected chi connectivity index (χ4v) is 4.21. The van der Waals surface area contributed by atoms with Crippen LogP contribution in [0.5, 0.6) is 11.5 Å². The van der Waals surface area contributed by atoms with Gasteiger partial charge in [-0.25, -0.2) is 4.79 Å². The Labute approximate surface area is 191 Å². The third-order valence-corrected chi connectivity index (χ3v) is 5.88. The van der Waals surface area contributed by atoms with E-state index in [9.17, 15) is 14.7 Å². The zero-order valence-corrected chi connectivity index (χ0v) is 18.8. The van der Waals surface area contributed by atoms with E-state index in [0.717, 1.165) is 5.56 Å². The summed E-state index contributed by atoms with van der Waals surface area (Å²) in [7, 11) is 0. The summed E-state index contributed by atoms with van der Waals surface area (Å²) >= 11 is 6.06. The molecule has 7 nitrogen and oxygen atoms in total. The van der Waals surface area contributed by atoms with E-state index in [1.165, 1.54) is 0 Å². The predicted octanol–water partition coefficient (Wildman–Crippen LogP) is 4.24. The van der Waals surface area contributed by atoms with Gasteiger partial charge < -0.3 is 19.5 Å². The van der Waals surface area contributed by atoms with Crippen LogP contribution >= 0.6 is 11.6 Å². The maximum atomic E-state index is 13.1. The van der Waals surface area contributed by atoms with Gasteiger partial charge in [-0.3, -0.25) is 9.69 Å². The molecule has 2 heterocycles. The first-order valence-electron chi connectivity index (χ1n) is 10.6. The number of halogens is 1. The highest BCUT2D eigenvalue weighted by molar-refractivity contribution is 6.30. The van der Waals surface area contributed by atoms with Crippen LogP contribution in [0, 0.1) is 6.92 Å². The predicted molar refractivity (Wildman–Crippen MR) is 121 cm³/mol. The first-order valence-corrected chi connectivity index (χ1v) is 10.9. The summed E-state index contributed by atoms with van der Waals surface area (Å²) in [6, 6.07) is 8.76. The normalized spacial score (nSPS) is 17.4. The van der Waals surface area contributed by atoms with Gasteiger partial charge in [-0.1, -0.05) is 23.7 Å². The maximum absolute atomic E-state index is 13.1. The van der Waals surface area contributed by atoms with E-state index in [-0.39, 0.29) is 23.4 Å². The van der Waals surface area contributed by atoms with Gasteiger partial charge in [0.25, 0.3) is 0 Å². The number of amides is 1. The molecule has 0 unspecified atom stereocenters. The van der Waals surface area contributed by atoms with Crippen LogP contribution in [-0.2, 0) is 11.3 Å². The number of phenols is 1. The Bertz CT molecular complexity index is 1090. The van der Waals surface area contributed by atoms with Crippen molar-refractivity contribution in [2.45, 2.75) is 20.4 Å². The lowest BCUT2D eigenvalue weighted by molar-refractivity contribution is 0.0774. The molecular weight excluding hydrogens is 432 g/mol. The van der Waals surface area contributed by atoms with Gasteiger partial charge in [0.1, 0.15) is 11.5 Å². The minimum atomic E-state index is -0.309. The number of rotatable bonds is 4. The number of aromatic hydroxyl groups is 1. The zero-order chi connectivity index (χ0) is 22.8. The van der Waals surface area contributed by atoms with Crippen molar-refractivity contribution in [1.29, 1.82) is 0 Å². The van der Waals surface area contributed by atoms with E-state index in [1.807, 2.05) is 6.07 Å². The van der Waals surface area contributed by atoms with Crippen LogP contribution in [0.15, 0.2) is 36.1 Å². The lowest BCUT2D eigenvalue weighted by Crippen LogP contribution is -2.48. The average Bonchev–Trinajstić information content (AvgIpc) is 3.08. The highest BCUT2D eigenvalue weighted by Crippen LogP contribution is 2.42. The molecule has 2 aromatic carbocycles. The largest absolute Gasteiger partial charge is 0.507 e. The summed E-state index contributed by atoms with van der Waals surface area (Å²) in [4.78, 5) is 28.8. The fourth-order valence-electron chi connectivity index (χ4n) is 4.01. The number of carbonyl (C=O) groups excluding carboxylic acids is 2. The Hall–Kier alpha value is -3.03. The summed E-state index contributed by atoms with van der Waals surface area (Å²) in [5.41, 5.74) is 2.45. The molecule has 4 rings (SSSR count). The van der Waals surface area contributed by atoms with Crippen molar-refractivity contribution in [2.24, 2.45) is 0 Å². The Kier molecular flexibility index (Phi) is 6.39. The van der Waals surface area contributed by atoms with E-state index >= 15 is 0 Å². The molecule has 0 radical (unpaired) electrons. The SMILES string of the molecule is CCOC(=O)N1CCN(Cc2c(O)cc(C)c3c2O/C(=C\c2cccc(Cl)c2)C3=O)CC1. The van der Waals surface area contributed by atoms with Crippen LogP contribution in [-0.4, -0.2) is 59.6 Å². The number of benzene rings is 2. The molecule has 1 fully saturated rings. The summed E-state index contributed by atoms with van der Waals surface area (Å²) in [5, 5.41) is 11.2. The number of fused-ring (bicyclic) bond motifs is 1. The van der Waals surface area contributed by atoms with Crippen molar-refractivity contribution in [3.63, 3.8) is 0 Å². The summed E-state index contributed by atoms with van der Waals surface area (Å²) in [5.74, 6) is 0.467. The average molecular weight is 457 g/mol. The molecule has 0 saturated carbocycles. The number of aryl methyl sites for hydroxylation is 1. The first-order chi connectivity index (χ1) is 15.4. The Morgan fingerprint density at radius 2 is 2.00 bits per heavy atom. The Morgan fingerprint density at radius 3 is 2.69 bits per heavy atom. The third kappa shape index (κ3) is 4.45.